The van der Waals surface area contributed by atoms with E-state index in [2.05, 4.69) is 20.2 Å². The van der Waals surface area contributed by atoms with Gasteiger partial charge in [-0.25, -0.2) is 4.98 Å². The number of carbonyl (C=O) groups excluding carboxylic acids is 1. The number of carbonyl (C=O) groups is 1. The van der Waals surface area contributed by atoms with Crippen LogP contribution in [0.1, 0.15) is 36.2 Å². The highest BCUT2D eigenvalue weighted by atomic mass is 35.5. The minimum absolute atomic E-state index is 0.101. The third-order valence-electron chi connectivity index (χ3n) is 4.92. The molecule has 1 atom stereocenters. The zero-order chi connectivity index (χ0) is 21.7. The number of nitrogens with two attached hydrogens (primary N) is 1. The zero-order valence-corrected chi connectivity index (χ0v) is 18.9. The zero-order valence-electron chi connectivity index (χ0n) is 16.6. The quantitative estimate of drug-likeness (QED) is 0.449. The molecule has 1 unspecified atom stereocenters. The molecule has 1 aromatic carbocycles. The Labute approximate surface area is 189 Å². The minimum atomic E-state index is -0.653. The van der Waals surface area contributed by atoms with Gasteiger partial charge >= 0.3 is 0 Å². The first-order valence-corrected chi connectivity index (χ1v) is 11.3. The van der Waals surface area contributed by atoms with E-state index in [1.165, 1.54) is 19.1 Å². The van der Waals surface area contributed by atoms with Crippen molar-refractivity contribution in [3.8, 4) is 10.6 Å². The van der Waals surface area contributed by atoms with Gasteiger partial charge in [0, 0.05) is 36.9 Å². The lowest BCUT2D eigenvalue weighted by Gasteiger charge is -2.28. The van der Waals surface area contributed by atoms with Crippen LogP contribution in [0.2, 0.25) is 10.0 Å². The van der Waals surface area contributed by atoms with Gasteiger partial charge < -0.3 is 21.4 Å². The number of hydrogen-bond acceptors (Lipinski definition) is 6. The van der Waals surface area contributed by atoms with Crippen molar-refractivity contribution >= 4 is 57.5 Å². The summed E-state index contributed by atoms with van der Waals surface area (Å²) in [4.78, 5) is 23.8. The highest BCUT2D eigenvalue weighted by Crippen LogP contribution is 2.35. The number of rotatable bonds is 5. The summed E-state index contributed by atoms with van der Waals surface area (Å²) in [7, 11) is 1.68. The summed E-state index contributed by atoms with van der Waals surface area (Å²) >= 11 is 13.5. The van der Waals surface area contributed by atoms with Crippen LogP contribution in [-0.4, -0.2) is 54.0 Å². The number of nitrogen functional groups attached to an aromatic ring is 1. The number of anilines is 1. The number of amidine groups is 1. The highest BCUT2D eigenvalue weighted by Gasteiger charge is 2.26. The Morgan fingerprint density at radius 3 is 2.67 bits per heavy atom. The van der Waals surface area contributed by atoms with E-state index in [-0.39, 0.29) is 10.7 Å². The van der Waals surface area contributed by atoms with Crippen LogP contribution in [0.4, 0.5) is 5.00 Å². The Morgan fingerprint density at radius 1 is 1.33 bits per heavy atom. The number of aliphatic imine (C=N–C) groups is 1. The van der Waals surface area contributed by atoms with Crippen molar-refractivity contribution in [3.63, 3.8) is 0 Å². The molecule has 0 bridgehead atoms. The van der Waals surface area contributed by atoms with Crippen molar-refractivity contribution in [2.24, 2.45) is 4.99 Å². The molecular formula is C20H24Cl2N6OS. The summed E-state index contributed by atoms with van der Waals surface area (Å²) < 4.78 is 0. The van der Waals surface area contributed by atoms with Crippen molar-refractivity contribution in [1.82, 2.24) is 15.2 Å². The van der Waals surface area contributed by atoms with Crippen LogP contribution in [0.15, 0.2) is 23.2 Å². The fourth-order valence-corrected chi connectivity index (χ4v) is 4.73. The van der Waals surface area contributed by atoms with E-state index in [1.807, 2.05) is 0 Å². The van der Waals surface area contributed by atoms with Crippen LogP contribution in [0.5, 0.6) is 0 Å². The standard InChI is InChI=1S/C20H24Cl2N6OS/c1-25-18(28-8-4-2-3-5-9-28)15(11-23)26-19(29)16-17(24)30-20(27-16)13-10-12(21)6-7-14(13)22/h6-7,10-11,15,23H,2-5,8-9,24H2,1H3,(H,26,29). The first-order chi connectivity index (χ1) is 14.4. The van der Waals surface area contributed by atoms with E-state index in [4.69, 9.17) is 34.3 Å². The van der Waals surface area contributed by atoms with E-state index in [0.29, 0.717) is 26.5 Å². The summed E-state index contributed by atoms with van der Waals surface area (Å²) in [6, 6.07) is 4.39. The van der Waals surface area contributed by atoms with E-state index in [0.717, 1.165) is 37.3 Å². The van der Waals surface area contributed by atoms with Gasteiger partial charge in [-0.1, -0.05) is 47.4 Å². The number of halogens is 2. The molecule has 10 heteroatoms. The Kier molecular flexibility index (Phi) is 7.69. The Hall–Kier alpha value is -2.16. The molecule has 7 nitrogen and oxygen atoms in total. The Bertz CT molecular complexity index is 953. The Morgan fingerprint density at radius 2 is 2.03 bits per heavy atom. The lowest BCUT2D eigenvalue weighted by molar-refractivity contribution is 0.0949. The van der Waals surface area contributed by atoms with Gasteiger partial charge in [0.2, 0.25) is 0 Å². The van der Waals surface area contributed by atoms with Gasteiger partial charge in [-0.05, 0) is 31.0 Å². The molecule has 0 spiro atoms. The maximum absolute atomic E-state index is 12.9. The minimum Gasteiger partial charge on any atom is -0.389 e. The number of nitrogens with one attached hydrogen (secondary N) is 2. The van der Waals surface area contributed by atoms with Gasteiger partial charge in [0.25, 0.3) is 5.91 Å². The first kappa shape index (κ1) is 22.5. The monoisotopic (exact) mass is 466 g/mol. The first-order valence-electron chi connectivity index (χ1n) is 9.69. The SMILES string of the molecule is CN=C(C(C=N)NC(=O)c1nc(-c2cc(Cl)ccc2Cl)sc1N)N1CCCCCC1. The van der Waals surface area contributed by atoms with Crippen LogP contribution in [-0.2, 0) is 0 Å². The average Bonchev–Trinajstić information content (AvgIpc) is 2.93. The summed E-state index contributed by atoms with van der Waals surface area (Å²) in [5, 5.41) is 12.4. The molecule has 1 aliphatic heterocycles. The number of nitrogens with zero attached hydrogens (tertiary/aromatic N) is 3. The molecule has 0 aliphatic carbocycles. The second-order valence-electron chi connectivity index (χ2n) is 6.96. The largest absolute Gasteiger partial charge is 0.389 e. The smallest absolute Gasteiger partial charge is 0.273 e. The van der Waals surface area contributed by atoms with Crippen molar-refractivity contribution in [2.45, 2.75) is 31.7 Å². The van der Waals surface area contributed by atoms with Gasteiger partial charge in [0.15, 0.2) is 5.69 Å². The van der Waals surface area contributed by atoms with E-state index in [9.17, 15) is 4.79 Å². The molecule has 1 aliphatic rings. The normalized spacial score (nSPS) is 16.1. The lowest BCUT2D eigenvalue weighted by Crippen LogP contribution is -2.50. The lowest BCUT2D eigenvalue weighted by atomic mass is 10.2. The van der Waals surface area contributed by atoms with Gasteiger partial charge in [-0.15, -0.1) is 0 Å². The van der Waals surface area contributed by atoms with Gasteiger partial charge in [-0.3, -0.25) is 9.79 Å². The number of likely N-dealkylation sites (tertiary alicyclic amines) is 1. The number of amides is 1. The highest BCUT2D eigenvalue weighted by molar-refractivity contribution is 7.19. The Balaban J connectivity index is 1.81. The fourth-order valence-electron chi connectivity index (χ4n) is 3.44. The summed E-state index contributed by atoms with van der Waals surface area (Å²) in [6.07, 6.45) is 5.68. The fraction of sp³-hybridized carbons (Fsp3) is 0.400. The van der Waals surface area contributed by atoms with Crippen molar-refractivity contribution in [1.29, 1.82) is 5.41 Å². The molecule has 3 rings (SSSR count). The molecule has 4 N–H and O–H groups in total. The van der Waals surface area contributed by atoms with Crippen LogP contribution in [0.25, 0.3) is 10.6 Å². The third-order valence-corrected chi connectivity index (χ3v) is 6.40. The van der Waals surface area contributed by atoms with Crippen molar-refractivity contribution < 1.29 is 4.79 Å². The summed E-state index contributed by atoms with van der Waals surface area (Å²) in [5.41, 5.74) is 6.79. The molecule has 160 valence electrons. The molecule has 2 aromatic rings. The van der Waals surface area contributed by atoms with Gasteiger partial charge in [0.05, 0.1) is 5.02 Å². The molecule has 0 saturated carbocycles. The molecule has 1 saturated heterocycles. The van der Waals surface area contributed by atoms with Crippen molar-refractivity contribution in [3.05, 3.63) is 33.9 Å². The third kappa shape index (κ3) is 5.11. The number of aromatic nitrogens is 1. The number of thiazole rings is 1. The summed E-state index contributed by atoms with van der Waals surface area (Å²) in [6.45, 7) is 1.73. The molecule has 2 heterocycles. The van der Waals surface area contributed by atoms with Crippen molar-refractivity contribution in [2.75, 3.05) is 25.9 Å². The van der Waals surface area contributed by atoms with Crippen LogP contribution in [0, 0.1) is 5.41 Å². The van der Waals surface area contributed by atoms with Gasteiger partial charge in [-0.2, -0.15) is 0 Å². The summed E-state index contributed by atoms with van der Waals surface area (Å²) in [5.74, 6) is 0.213. The second-order valence-corrected chi connectivity index (χ2v) is 8.83. The average molecular weight is 467 g/mol. The molecule has 1 aromatic heterocycles. The van der Waals surface area contributed by atoms with Crippen LogP contribution >= 0.6 is 34.5 Å². The van der Waals surface area contributed by atoms with Crippen LogP contribution < -0.4 is 11.1 Å². The maximum atomic E-state index is 12.9. The molecule has 1 fully saturated rings. The van der Waals surface area contributed by atoms with Gasteiger partial charge in [0.1, 0.15) is 21.9 Å². The molecule has 30 heavy (non-hydrogen) atoms. The topological polar surface area (TPSA) is 107 Å². The second kappa shape index (κ2) is 10.2. The number of hydrogen-bond donors (Lipinski definition) is 3. The van der Waals surface area contributed by atoms with E-state index in [1.54, 1.807) is 25.2 Å². The van der Waals surface area contributed by atoms with E-state index >= 15 is 0 Å². The number of benzene rings is 1. The molecule has 1 amide bonds. The van der Waals surface area contributed by atoms with Crippen LogP contribution in [0.3, 0.4) is 0 Å². The predicted octanol–water partition coefficient (Wildman–Crippen LogP) is 4.35. The van der Waals surface area contributed by atoms with E-state index < -0.39 is 11.9 Å². The maximum Gasteiger partial charge on any atom is 0.273 e. The predicted molar refractivity (Wildman–Crippen MR) is 125 cm³/mol. The molecule has 0 radical (unpaired) electrons. The molecular weight excluding hydrogens is 443 g/mol.